The van der Waals surface area contributed by atoms with Gasteiger partial charge in [0.25, 0.3) is 11.6 Å². The monoisotopic (exact) mass is 489 g/mol. The number of aryl methyl sites for hydroxylation is 1. The number of anilines is 2. The number of non-ortho nitro benzene ring substituents is 1. The van der Waals surface area contributed by atoms with Gasteiger partial charge in [0.05, 0.1) is 10.8 Å². The first-order chi connectivity index (χ1) is 17.3. The number of carbonyl (C=O) groups is 3. The largest absolute Gasteiger partial charge is 0.457 e. The Labute approximate surface area is 206 Å². The van der Waals surface area contributed by atoms with Crippen molar-refractivity contribution in [2.24, 2.45) is 5.92 Å². The summed E-state index contributed by atoms with van der Waals surface area (Å²) in [6.45, 7) is 1.55. The number of benzene rings is 3. The van der Waals surface area contributed by atoms with E-state index in [0.717, 1.165) is 5.56 Å². The average molecular weight is 489 g/mol. The minimum atomic E-state index is -0.716. The molecule has 0 aromatic heterocycles. The molecule has 3 aromatic rings. The van der Waals surface area contributed by atoms with Gasteiger partial charge in [-0.05, 0) is 49.4 Å². The van der Waals surface area contributed by atoms with Crippen LogP contribution < -0.4 is 15.0 Å². The van der Waals surface area contributed by atoms with Crippen LogP contribution >= 0.6 is 0 Å². The maximum absolute atomic E-state index is 12.5. The zero-order valence-corrected chi connectivity index (χ0v) is 19.4. The summed E-state index contributed by atoms with van der Waals surface area (Å²) in [5.41, 5.74) is 1.78. The summed E-state index contributed by atoms with van der Waals surface area (Å²) < 4.78 is 10.9. The van der Waals surface area contributed by atoms with Crippen molar-refractivity contribution in [3.8, 4) is 11.5 Å². The van der Waals surface area contributed by atoms with E-state index in [0.29, 0.717) is 17.2 Å². The van der Waals surface area contributed by atoms with E-state index in [1.807, 2.05) is 31.2 Å². The van der Waals surface area contributed by atoms with Crippen LogP contribution in [0.15, 0.2) is 72.8 Å². The van der Waals surface area contributed by atoms with Crippen LogP contribution in [0.25, 0.3) is 0 Å². The van der Waals surface area contributed by atoms with Crippen molar-refractivity contribution in [1.29, 1.82) is 0 Å². The van der Waals surface area contributed by atoms with Crippen molar-refractivity contribution >= 4 is 34.8 Å². The summed E-state index contributed by atoms with van der Waals surface area (Å²) in [6.07, 6.45) is -0.0348. The summed E-state index contributed by atoms with van der Waals surface area (Å²) in [7, 11) is 0. The number of nitrogens with zero attached hydrogens (tertiary/aromatic N) is 2. The lowest BCUT2D eigenvalue weighted by atomic mass is 10.1. The smallest absolute Gasteiger partial charge is 0.311 e. The molecule has 1 N–H and O–H groups in total. The Bertz CT molecular complexity index is 1290. The molecule has 0 aliphatic carbocycles. The topological polar surface area (TPSA) is 128 Å². The number of hydrogen-bond donors (Lipinski definition) is 1. The first kappa shape index (κ1) is 24.4. The lowest BCUT2D eigenvalue weighted by molar-refractivity contribution is -0.384. The molecule has 1 aliphatic heterocycles. The Kier molecular flexibility index (Phi) is 7.24. The summed E-state index contributed by atoms with van der Waals surface area (Å²) in [5.74, 6) is -0.951. The lowest BCUT2D eigenvalue weighted by Gasteiger charge is -2.17. The van der Waals surface area contributed by atoms with Gasteiger partial charge in [0.15, 0.2) is 6.61 Å². The van der Waals surface area contributed by atoms with Gasteiger partial charge in [-0.15, -0.1) is 0 Å². The third-order valence-electron chi connectivity index (χ3n) is 5.55. The second-order valence-electron chi connectivity index (χ2n) is 8.28. The second-order valence-corrected chi connectivity index (χ2v) is 8.28. The maximum Gasteiger partial charge on any atom is 0.311 e. The van der Waals surface area contributed by atoms with Crippen molar-refractivity contribution in [2.45, 2.75) is 13.3 Å². The van der Waals surface area contributed by atoms with E-state index in [-0.39, 0.29) is 30.2 Å². The number of rotatable bonds is 8. The SMILES string of the molecule is Cc1ccc(Oc2ccc(N3C[C@H](C(=O)OCC(=O)Nc4cccc([N+](=O)[O-])c4)CC3=O)cc2)cc1. The van der Waals surface area contributed by atoms with Crippen molar-refractivity contribution < 1.29 is 28.8 Å². The molecule has 0 unspecified atom stereocenters. The summed E-state index contributed by atoms with van der Waals surface area (Å²) in [6, 6.07) is 20.0. The summed E-state index contributed by atoms with van der Waals surface area (Å²) >= 11 is 0. The fourth-order valence-electron chi connectivity index (χ4n) is 3.70. The standard InChI is InChI=1S/C26H23N3O7/c1-17-5-9-22(10-6-17)36-23-11-7-20(8-12-23)28-15-18(13-25(28)31)26(32)35-16-24(30)27-19-3-2-4-21(14-19)29(33)34/h2-12,14,18H,13,15-16H2,1H3,(H,27,30)/t18-/m1/s1. The minimum absolute atomic E-state index is 0.0348. The molecule has 3 aromatic carbocycles. The van der Waals surface area contributed by atoms with Gasteiger partial charge in [-0.25, -0.2) is 0 Å². The Morgan fingerprint density at radius 3 is 2.39 bits per heavy atom. The van der Waals surface area contributed by atoms with E-state index in [1.165, 1.54) is 29.2 Å². The van der Waals surface area contributed by atoms with Gasteiger partial charge < -0.3 is 19.7 Å². The highest BCUT2D eigenvalue weighted by Crippen LogP contribution is 2.29. The molecule has 0 spiro atoms. The molecule has 4 rings (SSSR count). The Hall–Kier alpha value is -4.73. The number of nitro benzene ring substituents is 1. The molecule has 1 heterocycles. The highest BCUT2D eigenvalue weighted by atomic mass is 16.6. The molecule has 36 heavy (non-hydrogen) atoms. The molecule has 1 fully saturated rings. The van der Waals surface area contributed by atoms with Gasteiger partial charge in [-0.3, -0.25) is 24.5 Å². The van der Waals surface area contributed by atoms with Gasteiger partial charge in [0.2, 0.25) is 5.91 Å². The molecule has 0 bridgehead atoms. The third kappa shape index (κ3) is 6.03. The average Bonchev–Trinajstić information content (AvgIpc) is 3.26. The Morgan fingerprint density at radius 2 is 1.72 bits per heavy atom. The van der Waals surface area contributed by atoms with Crippen molar-refractivity contribution in [2.75, 3.05) is 23.4 Å². The summed E-state index contributed by atoms with van der Waals surface area (Å²) in [5, 5.41) is 13.3. The molecule has 0 saturated carbocycles. The van der Waals surface area contributed by atoms with E-state index in [1.54, 1.807) is 24.3 Å². The van der Waals surface area contributed by atoms with E-state index in [4.69, 9.17) is 9.47 Å². The van der Waals surface area contributed by atoms with Crippen LogP contribution in [-0.4, -0.2) is 35.9 Å². The Balaban J connectivity index is 1.28. The number of carbonyl (C=O) groups excluding carboxylic acids is 3. The first-order valence-corrected chi connectivity index (χ1v) is 11.1. The molecule has 1 saturated heterocycles. The second kappa shape index (κ2) is 10.7. The first-order valence-electron chi connectivity index (χ1n) is 11.1. The van der Waals surface area contributed by atoms with Crippen LogP contribution in [0.5, 0.6) is 11.5 Å². The molecule has 0 radical (unpaired) electrons. The molecule has 10 heteroatoms. The fraction of sp³-hybridized carbons (Fsp3) is 0.192. The van der Waals surface area contributed by atoms with E-state index in [9.17, 15) is 24.5 Å². The zero-order chi connectivity index (χ0) is 25.7. The van der Waals surface area contributed by atoms with Crippen LogP contribution in [0, 0.1) is 23.0 Å². The number of ether oxygens (including phenoxy) is 2. The number of hydrogen-bond acceptors (Lipinski definition) is 7. The lowest BCUT2D eigenvalue weighted by Crippen LogP contribution is -2.28. The van der Waals surface area contributed by atoms with Crippen molar-refractivity contribution in [1.82, 2.24) is 0 Å². The van der Waals surface area contributed by atoms with Crippen LogP contribution in [0.4, 0.5) is 17.1 Å². The highest BCUT2D eigenvalue weighted by molar-refractivity contribution is 6.00. The van der Waals surface area contributed by atoms with Gasteiger partial charge in [0.1, 0.15) is 11.5 Å². The summed E-state index contributed by atoms with van der Waals surface area (Å²) in [4.78, 5) is 48.8. The Morgan fingerprint density at radius 1 is 1.06 bits per heavy atom. The van der Waals surface area contributed by atoms with Crippen molar-refractivity contribution in [3.05, 3.63) is 88.5 Å². The van der Waals surface area contributed by atoms with Crippen LogP contribution in [-0.2, 0) is 19.1 Å². The predicted molar refractivity (Wildman–Crippen MR) is 131 cm³/mol. The number of nitrogens with one attached hydrogen (secondary N) is 1. The maximum atomic E-state index is 12.5. The predicted octanol–water partition coefficient (Wildman–Crippen LogP) is 4.23. The number of amides is 2. The van der Waals surface area contributed by atoms with E-state index < -0.39 is 29.3 Å². The van der Waals surface area contributed by atoms with Crippen molar-refractivity contribution in [3.63, 3.8) is 0 Å². The molecule has 1 atom stereocenters. The third-order valence-corrected chi connectivity index (χ3v) is 5.55. The van der Waals surface area contributed by atoms with Crippen LogP contribution in [0.3, 0.4) is 0 Å². The molecule has 184 valence electrons. The van der Waals surface area contributed by atoms with Crippen LogP contribution in [0.1, 0.15) is 12.0 Å². The number of nitro groups is 1. The minimum Gasteiger partial charge on any atom is -0.457 e. The van der Waals surface area contributed by atoms with Gasteiger partial charge in [-0.1, -0.05) is 23.8 Å². The number of esters is 1. The molecule has 10 nitrogen and oxygen atoms in total. The normalized spacial score (nSPS) is 14.9. The van der Waals surface area contributed by atoms with Gasteiger partial charge in [-0.2, -0.15) is 0 Å². The van der Waals surface area contributed by atoms with Crippen LogP contribution in [0.2, 0.25) is 0 Å². The van der Waals surface area contributed by atoms with Gasteiger partial charge >= 0.3 is 5.97 Å². The molecular formula is C26H23N3O7. The molecular weight excluding hydrogens is 466 g/mol. The molecule has 2 amide bonds. The van der Waals surface area contributed by atoms with E-state index >= 15 is 0 Å². The quantitative estimate of drug-likeness (QED) is 0.285. The molecule has 1 aliphatic rings. The van der Waals surface area contributed by atoms with E-state index in [2.05, 4.69) is 5.32 Å². The zero-order valence-electron chi connectivity index (χ0n) is 19.4. The van der Waals surface area contributed by atoms with Gasteiger partial charge in [0, 0.05) is 36.5 Å². The highest BCUT2D eigenvalue weighted by Gasteiger charge is 2.36. The fourth-order valence-corrected chi connectivity index (χ4v) is 3.70.